The number of nitrogens with zero attached hydrogens (tertiary/aromatic N) is 4. The van der Waals surface area contributed by atoms with Crippen LogP contribution >= 0.6 is 11.8 Å². The second-order valence-electron chi connectivity index (χ2n) is 5.64. The highest BCUT2D eigenvalue weighted by atomic mass is 32.2. The van der Waals surface area contributed by atoms with Crippen molar-refractivity contribution in [2.24, 2.45) is 0 Å². The van der Waals surface area contributed by atoms with Crippen molar-refractivity contribution in [1.29, 1.82) is 0 Å². The molecule has 1 fully saturated rings. The molecule has 2 heterocycles. The minimum Gasteiger partial charge on any atom is -0.339 e. The summed E-state index contributed by atoms with van der Waals surface area (Å²) in [6.07, 6.45) is 1.46. The lowest BCUT2D eigenvalue weighted by molar-refractivity contribution is -0.132. The average Bonchev–Trinajstić information content (AvgIpc) is 3.09. The standard InChI is InChI=1S/C16H21N5OS/c1-13(23-16-17-12-18-19-16)15(22)21-9-7-20(8-10-21)11-14-5-3-2-4-6-14/h2-6,12-13H,7-11H2,1H3,(H,17,18,19)/t13-/m1/s1. The quantitative estimate of drug-likeness (QED) is 0.844. The number of aromatic nitrogens is 3. The van der Waals surface area contributed by atoms with E-state index in [-0.39, 0.29) is 11.2 Å². The molecule has 1 amide bonds. The summed E-state index contributed by atoms with van der Waals surface area (Å²) in [5.74, 6) is 0.172. The Morgan fingerprint density at radius 1 is 1.26 bits per heavy atom. The number of piperazine rings is 1. The Morgan fingerprint density at radius 2 is 2.00 bits per heavy atom. The summed E-state index contributed by atoms with van der Waals surface area (Å²) in [6.45, 7) is 6.28. The van der Waals surface area contributed by atoms with Gasteiger partial charge in [0.25, 0.3) is 0 Å². The van der Waals surface area contributed by atoms with E-state index in [1.54, 1.807) is 0 Å². The van der Waals surface area contributed by atoms with Gasteiger partial charge in [-0.25, -0.2) is 4.98 Å². The third-order valence-electron chi connectivity index (χ3n) is 3.96. The van der Waals surface area contributed by atoms with Gasteiger partial charge < -0.3 is 4.90 Å². The van der Waals surface area contributed by atoms with Crippen molar-refractivity contribution in [2.45, 2.75) is 23.9 Å². The number of aromatic amines is 1. The highest BCUT2D eigenvalue weighted by Gasteiger charge is 2.26. The Labute approximate surface area is 140 Å². The first-order valence-corrected chi connectivity index (χ1v) is 8.67. The van der Waals surface area contributed by atoms with E-state index >= 15 is 0 Å². The fraction of sp³-hybridized carbons (Fsp3) is 0.438. The van der Waals surface area contributed by atoms with Crippen LogP contribution in [-0.2, 0) is 11.3 Å². The van der Waals surface area contributed by atoms with Crippen LogP contribution in [0.4, 0.5) is 0 Å². The van der Waals surface area contributed by atoms with Gasteiger partial charge in [-0.3, -0.25) is 14.8 Å². The molecular formula is C16H21N5OS. The van der Waals surface area contributed by atoms with Crippen LogP contribution in [0.25, 0.3) is 0 Å². The topological polar surface area (TPSA) is 65.1 Å². The lowest BCUT2D eigenvalue weighted by atomic mass is 10.2. The molecule has 0 saturated carbocycles. The van der Waals surface area contributed by atoms with Gasteiger partial charge >= 0.3 is 0 Å². The number of carbonyl (C=O) groups excluding carboxylic acids is 1. The molecule has 0 aliphatic carbocycles. The Bertz CT molecular complexity index is 611. The number of amides is 1. The number of rotatable bonds is 5. The van der Waals surface area contributed by atoms with Crippen LogP contribution in [-0.4, -0.2) is 62.3 Å². The first kappa shape index (κ1) is 16.0. The van der Waals surface area contributed by atoms with Crippen LogP contribution in [0, 0.1) is 0 Å². The molecule has 1 saturated heterocycles. The molecule has 1 N–H and O–H groups in total. The summed E-state index contributed by atoms with van der Waals surface area (Å²) in [4.78, 5) is 20.9. The van der Waals surface area contributed by atoms with Gasteiger partial charge in [-0.1, -0.05) is 42.1 Å². The molecule has 3 rings (SSSR count). The highest BCUT2D eigenvalue weighted by Crippen LogP contribution is 2.21. The van der Waals surface area contributed by atoms with Crippen molar-refractivity contribution in [2.75, 3.05) is 26.2 Å². The van der Waals surface area contributed by atoms with Gasteiger partial charge in [-0.15, -0.1) is 0 Å². The molecule has 0 unspecified atom stereocenters. The fourth-order valence-corrected chi connectivity index (χ4v) is 3.49. The van der Waals surface area contributed by atoms with Gasteiger partial charge in [0, 0.05) is 32.7 Å². The van der Waals surface area contributed by atoms with Crippen molar-refractivity contribution in [1.82, 2.24) is 25.0 Å². The van der Waals surface area contributed by atoms with E-state index in [4.69, 9.17) is 0 Å². The maximum atomic E-state index is 12.5. The zero-order chi connectivity index (χ0) is 16.1. The molecule has 0 bridgehead atoms. The van der Waals surface area contributed by atoms with Crippen molar-refractivity contribution in [3.8, 4) is 0 Å². The molecule has 1 aromatic heterocycles. The number of benzene rings is 1. The molecule has 1 atom stereocenters. The van der Waals surface area contributed by atoms with E-state index in [9.17, 15) is 4.79 Å². The SMILES string of the molecule is C[C@@H](Sc1ncn[nH]1)C(=O)N1CCN(Cc2ccccc2)CC1. The number of hydrogen-bond acceptors (Lipinski definition) is 5. The molecule has 122 valence electrons. The van der Waals surface area contributed by atoms with Crippen LogP contribution in [0.3, 0.4) is 0 Å². The van der Waals surface area contributed by atoms with Gasteiger partial charge in [0.1, 0.15) is 6.33 Å². The van der Waals surface area contributed by atoms with Crippen LogP contribution in [0.5, 0.6) is 0 Å². The van der Waals surface area contributed by atoms with Gasteiger partial charge in [-0.2, -0.15) is 5.10 Å². The van der Waals surface area contributed by atoms with Crippen molar-refractivity contribution < 1.29 is 4.79 Å². The van der Waals surface area contributed by atoms with E-state index in [1.807, 2.05) is 17.9 Å². The summed E-state index contributed by atoms with van der Waals surface area (Å²) in [7, 11) is 0. The predicted octanol–water partition coefficient (Wildman–Crippen LogP) is 1.63. The first-order valence-electron chi connectivity index (χ1n) is 7.79. The van der Waals surface area contributed by atoms with E-state index in [1.165, 1.54) is 23.7 Å². The Morgan fingerprint density at radius 3 is 2.65 bits per heavy atom. The van der Waals surface area contributed by atoms with E-state index < -0.39 is 0 Å². The molecule has 0 radical (unpaired) electrons. The number of hydrogen-bond donors (Lipinski definition) is 1. The summed E-state index contributed by atoms with van der Waals surface area (Å²) in [5, 5.41) is 7.13. The van der Waals surface area contributed by atoms with Crippen molar-refractivity contribution >= 4 is 17.7 Å². The second kappa shape index (κ2) is 7.61. The molecular weight excluding hydrogens is 310 g/mol. The van der Waals surface area contributed by atoms with E-state index in [2.05, 4.69) is 44.3 Å². The van der Waals surface area contributed by atoms with Gasteiger partial charge in [0.05, 0.1) is 5.25 Å². The Balaban J connectivity index is 1.47. The monoisotopic (exact) mass is 331 g/mol. The number of H-pyrrole nitrogens is 1. The van der Waals surface area contributed by atoms with Gasteiger partial charge in [-0.05, 0) is 12.5 Å². The minimum absolute atomic E-state index is 0.149. The number of thioether (sulfide) groups is 1. The lowest BCUT2D eigenvalue weighted by Crippen LogP contribution is -2.50. The average molecular weight is 331 g/mol. The van der Waals surface area contributed by atoms with Gasteiger partial charge in [0.15, 0.2) is 5.16 Å². The second-order valence-corrected chi connectivity index (χ2v) is 6.97. The molecule has 1 aliphatic heterocycles. The van der Waals surface area contributed by atoms with E-state index in [0.717, 1.165) is 32.7 Å². The summed E-state index contributed by atoms with van der Waals surface area (Å²) < 4.78 is 0. The normalized spacial score (nSPS) is 17.2. The van der Waals surface area contributed by atoms with Gasteiger partial charge in [0.2, 0.25) is 5.91 Å². The third kappa shape index (κ3) is 4.33. The maximum absolute atomic E-state index is 12.5. The predicted molar refractivity (Wildman–Crippen MR) is 90.0 cm³/mol. The third-order valence-corrected chi connectivity index (χ3v) is 4.94. The molecule has 1 aliphatic rings. The minimum atomic E-state index is -0.149. The zero-order valence-electron chi connectivity index (χ0n) is 13.2. The van der Waals surface area contributed by atoms with Crippen LogP contribution in [0.2, 0.25) is 0 Å². The van der Waals surface area contributed by atoms with Crippen LogP contribution in [0.15, 0.2) is 41.8 Å². The van der Waals surface area contributed by atoms with Crippen LogP contribution in [0.1, 0.15) is 12.5 Å². The molecule has 7 heteroatoms. The number of nitrogens with one attached hydrogen (secondary N) is 1. The summed E-state index contributed by atoms with van der Waals surface area (Å²) in [5.41, 5.74) is 1.32. The lowest BCUT2D eigenvalue weighted by Gasteiger charge is -2.35. The zero-order valence-corrected chi connectivity index (χ0v) is 14.0. The summed E-state index contributed by atoms with van der Waals surface area (Å²) >= 11 is 1.42. The molecule has 6 nitrogen and oxygen atoms in total. The molecule has 23 heavy (non-hydrogen) atoms. The smallest absolute Gasteiger partial charge is 0.235 e. The first-order chi connectivity index (χ1) is 11.2. The molecule has 1 aromatic carbocycles. The van der Waals surface area contributed by atoms with E-state index in [0.29, 0.717) is 5.16 Å². The largest absolute Gasteiger partial charge is 0.339 e. The Kier molecular flexibility index (Phi) is 5.30. The Hall–Kier alpha value is -1.86. The van der Waals surface area contributed by atoms with Crippen LogP contribution < -0.4 is 0 Å². The molecule has 2 aromatic rings. The number of carbonyl (C=O) groups is 1. The highest BCUT2D eigenvalue weighted by molar-refractivity contribution is 8.00. The van der Waals surface area contributed by atoms with Crippen molar-refractivity contribution in [3.05, 3.63) is 42.2 Å². The summed E-state index contributed by atoms with van der Waals surface area (Å²) in [6, 6.07) is 10.5. The molecule has 0 spiro atoms. The van der Waals surface area contributed by atoms with Crippen molar-refractivity contribution in [3.63, 3.8) is 0 Å². The fourth-order valence-electron chi connectivity index (χ4n) is 2.69. The maximum Gasteiger partial charge on any atom is 0.235 e.